The van der Waals surface area contributed by atoms with E-state index < -0.39 is 11.9 Å². The molecule has 0 saturated heterocycles. The Balaban J connectivity index is 2.62. The lowest BCUT2D eigenvalue weighted by atomic mass is 10.0. The Bertz CT molecular complexity index is 659. The van der Waals surface area contributed by atoms with Gasteiger partial charge in [0, 0.05) is 5.56 Å². The van der Waals surface area contributed by atoms with E-state index >= 15 is 0 Å². The second kappa shape index (κ2) is 5.56. The number of aromatic nitrogens is 1. The molecule has 0 atom stereocenters. The Morgan fingerprint density at radius 3 is 2.45 bits per heavy atom. The summed E-state index contributed by atoms with van der Waals surface area (Å²) in [7, 11) is 2.41. The summed E-state index contributed by atoms with van der Waals surface area (Å²) in [6.07, 6.45) is 0. The van der Waals surface area contributed by atoms with Gasteiger partial charge in [0.25, 0.3) is 5.76 Å². The SMILES string of the molecule is COC(=O)c1onc(-c2cccc(C)c2)c1C(=O)OC. The van der Waals surface area contributed by atoms with Gasteiger partial charge in [-0.3, -0.25) is 0 Å². The monoisotopic (exact) mass is 275 g/mol. The third-order valence-corrected chi connectivity index (χ3v) is 2.74. The molecule has 6 heteroatoms. The fourth-order valence-corrected chi connectivity index (χ4v) is 1.80. The van der Waals surface area contributed by atoms with Crippen molar-refractivity contribution in [3.8, 4) is 11.3 Å². The quantitative estimate of drug-likeness (QED) is 0.799. The van der Waals surface area contributed by atoms with E-state index in [9.17, 15) is 9.59 Å². The van der Waals surface area contributed by atoms with Crippen LogP contribution in [0.5, 0.6) is 0 Å². The van der Waals surface area contributed by atoms with Crippen molar-refractivity contribution in [3.05, 3.63) is 41.2 Å². The third kappa shape index (κ3) is 2.40. The van der Waals surface area contributed by atoms with Gasteiger partial charge in [0.15, 0.2) is 0 Å². The van der Waals surface area contributed by atoms with Crippen LogP contribution in [0.2, 0.25) is 0 Å². The second-order valence-electron chi connectivity index (χ2n) is 4.09. The highest BCUT2D eigenvalue weighted by atomic mass is 16.6. The van der Waals surface area contributed by atoms with E-state index in [4.69, 9.17) is 4.52 Å². The molecule has 6 nitrogen and oxygen atoms in total. The molecule has 0 aliphatic heterocycles. The van der Waals surface area contributed by atoms with Crippen molar-refractivity contribution in [2.75, 3.05) is 14.2 Å². The van der Waals surface area contributed by atoms with E-state index in [2.05, 4.69) is 14.6 Å². The Morgan fingerprint density at radius 1 is 1.15 bits per heavy atom. The van der Waals surface area contributed by atoms with E-state index in [0.29, 0.717) is 5.56 Å². The van der Waals surface area contributed by atoms with Crippen LogP contribution in [-0.2, 0) is 9.47 Å². The average Bonchev–Trinajstić information content (AvgIpc) is 2.90. The highest BCUT2D eigenvalue weighted by Gasteiger charge is 2.29. The topological polar surface area (TPSA) is 78.6 Å². The first kappa shape index (κ1) is 13.8. The van der Waals surface area contributed by atoms with Gasteiger partial charge >= 0.3 is 11.9 Å². The van der Waals surface area contributed by atoms with Crippen LogP contribution >= 0.6 is 0 Å². The average molecular weight is 275 g/mol. The number of carbonyl (C=O) groups excluding carboxylic acids is 2. The van der Waals surface area contributed by atoms with Crippen molar-refractivity contribution >= 4 is 11.9 Å². The van der Waals surface area contributed by atoms with Gasteiger partial charge in [-0.05, 0) is 13.0 Å². The minimum Gasteiger partial charge on any atom is -0.465 e. The van der Waals surface area contributed by atoms with E-state index in [1.165, 1.54) is 14.2 Å². The van der Waals surface area contributed by atoms with Crippen molar-refractivity contribution in [2.24, 2.45) is 0 Å². The van der Waals surface area contributed by atoms with Crippen molar-refractivity contribution in [2.45, 2.75) is 6.92 Å². The number of rotatable bonds is 3. The summed E-state index contributed by atoms with van der Waals surface area (Å²) in [5.41, 5.74) is 1.86. The first-order chi connectivity index (χ1) is 9.58. The van der Waals surface area contributed by atoms with E-state index in [-0.39, 0.29) is 17.0 Å². The van der Waals surface area contributed by atoms with Gasteiger partial charge in [-0.1, -0.05) is 28.9 Å². The van der Waals surface area contributed by atoms with Crippen LogP contribution in [-0.4, -0.2) is 31.3 Å². The first-order valence-electron chi connectivity index (χ1n) is 5.81. The van der Waals surface area contributed by atoms with Gasteiger partial charge in [-0.15, -0.1) is 0 Å². The highest BCUT2D eigenvalue weighted by molar-refractivity contribution is 6.05. The maximum Gasteiger partial charge on any atom is 0.377 e. The fourth-order valence-electron chi connectivity index (χ4n) is 1.80. The zero-order valence-corrected chi connectivity index (χ0v) is 11.3. The van der Waals surface area contributed by atoms with Crippen LogP contribution < -0.4 is 0 Å². The number of benzene rings is 1. The number of carbonyl (C=O) groups is 2. The summed E-state index contributed by atoms with van der Waals surface area (Å²) in [6.45, 7) is 1.91. The van der Waals surface area contributed by atoms with Gasteiger partial charge in [-0.25, -0.2) is 9.59 Å². The maximum atomic E-state index is 11.9. The number of methoxy groups -OCH3 is 2. The molecule has 1 heterocycles. The van der Waals surface area contributed by atoms with Crippen LogP contribution in [0.1, 0.15) is 26.5 Å². The predicted octanol–water partition coefficient (Wildman–Crippen LogP) is 2.22. The summed E-state index contributed by atoms with van der Waals surface area (Å²) in [4.78, 5) is 23.5. The molecule has 2 aromatic rings. The minimum absolute atomic E-state index is 0.0371. The van der Waals surface area contributed by atoms with E-state index in [1.54, 1.807) is 6.07 Å². The van der Waals surface area contributed by atoms with Gasteiger partial charge < -0.3 is 14.0 Å². The van der Waals surface area contributed by atoms with Crippen molar-refractivity contribution < 1.29 is 23.6 Å². The Hall–Kier alpha value is -2.63. The smallest absolute Gasteiger partial charge is 0.377 e. The third-order valence-electron chi connectivity index (χ3n) is 2.74. The van der Waals surface area contributed by atoms with Gasteiger partial charge in [-0.2, -0.15) is 0 Å². The largest absolute Gasteiger partial charge is 0.465 e. The first-order valence-corrected chi connectivity index (χ1v) is 5.81. The fraction of sp³-hybridized carbons (Fsp3) is 0.214. The van der Waals surface area contributed by atoms with E-state index in [0.717, 1.165) is 5.56 Å². The lowest BCUT2D eigenvalue weighted by Gasteiger charge is -2.02. The van der Waals surface area contributed by atoms with Gasteiger partial charge in [0.05, 0.1) is 14.2 Å². The van der Waals surface area contributed by atoms with Crippen molar-refractivity contribution in [1.29, 1.82) is 0 Å². The summed E-state index contributed by atoms with van der Waals surface area (Å²) in [5, 5.41) is 3.79. The second-order valence-corrected chi connectivity index (χ2v) is 4.09. The highest BCUT2D eigenvalue weighted by Crippen LogP contribution is 2.27. The summed E-state index contributed by atoms with van der Waals surface area (Å²) in [5.74, 6) is -1.75. The van der Waals surface area contributed by atoms with Crippen LogP contribution in [0, 0.1) is 6.92 Å². The van der Waals surface area contributed by atoms with Gasteiger partial charge in [0.1, 0.15) is 11.3 Å². The maximum absolute atomic E-state index is 11.9. The molecule has 2 rings (SSSR count). The zero-order chi connectivity index (χ0) is 14.7. The number of nitrogens with zero attached hydrogens (tertiary/aromatic N) is 1. The molecular formula is C14H13NO5. The lowest BCUT2D eigenvalue weighted by Crippen LogP contribution is -2.10. The predicted molar refractivity (Wildman–Crippen MR) is 69.4 cm³/mol. The number of aryl methyl sites for hydroxylation is 1. The Morgan fingerprint density at radius 2 is 1.85 bits per heavy atom. The zero-order valence-electron chi connectivity index (χ0n) is 11.3. The standard InChI is InChI=1S/C14H13NO5/c1-8-5-4-6-9(7-8)11-10(13(16)18-2)12(20-15-11)14(17)19-3/h4-7H,1-3H3. The Kier molecular flexibility index (Phi) is 3.84. The summed E-state index contributed by atoms with van der Waals surface area (Å²) >= 11 is 0. The van der Waals surface area contributed by atoms with Crippen LogP contribution in [0.25, 0.3) is 11.3 Å². The van der Waals surface area contributed by atoms with Crippen LogP contribution in [0.3, 0.4) is 0 Å². The summed E-state index contributed by atoms with van der Waals surface area (Å²) in [6, 6.07) is 7.31. The summed E-state index contributed by atoms with van der Waals surface area (Å²) < 4.78 is 14.2. The molecule has 20 heavy (non-hydrogen) atoms. The van der Waals surface area contributed by atoms with Crippen molar-refractivity contribution in [1.82, 2.24) is 5.16 Å². The molecule has 1 aromatic heterocycles. The minimum atomic E-state index is -0.781. The van der Waals surface area contributed by atoms with Crippen molar-refractivity contribution in [3.63, 3.8) is 0 Å². The molecule has 0 fully saturated rings. The normalized spacial score (nSPS) is 10.2. The molecule has 0 bridgehead atoms. The Labute approximate surface area is 115 Å². The molecule has 0 aliphatic rings. The molecule has 0 N–H and O–H groups in total. The molecule has 104 valence electrons. The molecule has 0 unspecified atom stereocenters. The molecule has 1 aromatic carbocycles. The molecule has 0 spiro atoms. The lowest BCUT2D eigenvalue weighted by molar-refractivity contribution is 0.0521. The number of hydrogen-bond donors (Lipinski definition) is 0. The molecule has 0 saturated carbocycles. The molecular weight excluding hydrogens is 262 g/mol. The number of esters is 2. The molecule has 0 radical (unpaired) electrons. The van der Waals surface area contributed by atoms with E-state index in [1.807, 2.05) is 25.1 Å². The molecule has 0 amide bonds. The van der Waals surface area contributed by atoms with Gasteiger partial charge in [0.2, 0.25) is 0 Å². The number of ether oxygens (including phenoxy) is 2. The van der Waals surface area contributed by atoms with Crippen LogP contribution in [0.15, 0.2) is 28.8 Å². The van der Waals surface area contributed by atoms with Crippen LogP contribution in [0.4, 0.5) is 0 Å². The number of hydrogen-bond acceptors (Lipinski definition) is 6. The molecule has 0 aliphatic carbocycles.